The highest BCUT2D eigenvalue weighted by atomic mass is 16.5. The topological polar surface area (TPSA) is 72.8 Å². The van der Waals surface area contributed by atoms with Crippen molar-refractivity contribution in [2.45, 2.75) is 11.5 Å². The average molecular weight is 433 g/mol. The van der Waals surface area contributed by atoms with Crippen LogP contribution in [0.1, 0.15) is 22.6 Å². The maximum Gasteiger partial charge on any atom is 0.314 e. The summed E-state index contributed by atoms with van der Waals surface area (Å²) < 4.78 is 0. The van der Waals surface area contributed by atoms with Gasteiger partial charge in [-0.2, -0.15) is 0 Å². The minimum Gasteiger partial charge on any atom is -0.481 e. The molecule has 1 N–H and O–H groups in total. The summed E-state index contributed by atoms with van der Waals surface area (Å²) in [6, 6.07) is 34.5. The summed E-state index contributed by atoms with van der Waals surface area (Å²) in [5, 5.41) is 25.6. The van der Waals surface area contributed by atoms with E-state index in [1.165, 1.54) is 0 Å². The van der Waals surface area contributed by atoms with E-state index in [4.69, 9.17) is 4.99 Å². The number of anilines is 1. The van der Waals surface area contributed by atoms with E-state index < -0.39 is 17.4 Å². The van der Waals surface area contributed by atoms with Crippen LogP contribution in [0.5, 0.6) is 0 Å². The molecule has 1 radical (unpaired) electrons. The Morgan fingerprint density at radius 1 is 0.758 bits per heavy atom. The fraction of sp³-hybridized carbons (Fsp3) is 0.0714. The number of carbonyl (C=O) groups is 1. The van der Waals surface area contributed by atoms with Crippen LogP contribution in [0.2, 0.25) is 0 Å². The van der Waals surface area contributed by atoms with Crippen LogP contribution < -0.4 is 5.06 Å². The van der Waals surface area contributed by atoms with Crippen LogP contribution in [0.15, 0.2) is 120 Å². The van der Waals surface area contributed by atoms with Crippen LogP contribution in [0.4, 0.5) is 11.4 Å². The molecule has 4 aromatic carbocycles. The third-order valence-corrected chi connectivity index (χ3v) is 6.07. The second-order valence-electron chi connectivity index (χ2n) is 7.92. The average Bonchev–Trinajstić information content (AvgIpc) is 3.10. The van der Waals surface area contributed by atoms with E-state index in [-0.39, 0.29) is 0 Å². The smallest absolute Gasteiger partial charge is 0.314 e. The number of aliphatic imine (C=N–C) groups is 1. The highest BCUT2D eigenvalue weighted by Gasteiger charge is 2.59. The molecule has 33 heavy (non-hydrogen) atoms. The van der Waals surface area contributed by atoms with E-state index in [1.54, 1.807) is 48.5 Å². The molecule has 161 valence electrons. The summed E-state index contributed by atoms with van der Waals surface area (Å²) in [7, 11) is 0. The van der Waals surface area contributed by atoms with E-state index in [0.717, 1.165) is 5.06 Å². The summed E-state index contributed by atoms with van der Waals surface area (Å²) in [6.45, 7) is 0. The zero-order valence-corrected chi connectivity index (χ0v) is 17.7. The Morgan fingerprint density at radius 2 is 1.30 bits per heavy atom. The van der Waals surface area contributed by atoms with Crippen molar-refractivity contribution in [1.82, 2.24) is 0 Å². The lowest BCUT2D eigenvalue weighted by Gasteiger charge is -2.39. The summed E-state index contributed by atoms with van der Waals surface area (Å²) in [6.07, 6.45) is 0. The van der Waals surface area contributed by atoms with Crippen molar-refractivity contribution in [1.29, 1.82) is 0 Å². The first kappa shape index (κ1) is 20.7. The Morgan fingerprint density at radius 3 is 1.94 bits per heavy atom. The van der Waals surface area contributed by atoms with E-state index in [1.807, 2.05) is 66.7 Å². The second-order valence-corrected chi connectivity index (χ2v) is 7.92. The summed E-state index contributed by atoms with van der Waals surface area (Å²) in [5.41, 5.74) is 1.59. The molecule has 5 rings (SSSR count). The van der Waals surface area contributed by atoms with Crippen molar-refractivity contribution in [3.8, 4) is 0 Å². The van der Waals surface area contributed by atoms with Gasteiger partial charge in [-0.15, -0.1) is 0 Å². The standard InChI is InChI=1S/C28H21N2O3/c31-27(32)25(20-12-4-1-5-13-20)28(21-14-6-2-7-15-21)26(29-22-16-8-3-9-17-22)23-18-10-11-19-24(23)30(28)33/h1-19,25H,(H,31,32). The van der Waals surface area contributed by atoms with Gasteiger partial charge in [0.25, 0.3) is 0 Å². The molecular formula is C28H21N2O3. The largest absolute Gasteiger partial charge is 0.481 e. The molecular weight excluding hydrogens is 412 g/mol. The number of aliphatic carboxylic acids is 1. The molecule has 0 fully saturated rings. The number of hydrogen-bond acceptors (Lipinski definition) is 3. The first-order valence-electron chi connectivity index (χ1n) is 10.7. The molecule has 0 spiro atoms. The van der Waals surface area contributed by atoms with E-state index in [2.05, 4.69) is 0 Å². The summed E-state index contributed by atoms with van der Waals surface area (Å²) in [5.74, 6) is -2.30. The minimum atomic E-state index is -1.60. The van der Waals surface area contributed by atoms with E-state index in [0.29, 0.717) is 33.8 Å². The molecule has 1 aliphatic heterocycles. The van der Waals surface area contributed by atoms with Crippen LogP contribution in [0.3, 0.4) is 0 Å². The third kappa shape index (κ3) is 3.30. The Labute approximate surface area is 191 Å². The lowest BCUT2D eigenvalue weighted by molar-refractivity contribution is -0.141. The van der Waals surface area contributed by atoms with Gasteiger partial charge in [-0.3, -0.25) is 4.79 Å². The molecule has 0 aromatic heterocycles. The molecule has 5 nitrogen and oxygen atoms in total. The van der Waals surface area contributed by atoms with Crippen molar-refractivity contribution in [2.24, 2.45) is 4.99 Å². The summed E-state index contributed by atoms with van der Waals surface area (Å²) in [4.78, 5) is 17.9. The lowest BCUT2D eigenvalue weighted by Crippen LogP contribution is -2.53. The number of carboxylic acids is 1. The number of hydroxylamine groups is 1. The molecule has 0 bridgehead atoms. The van der Waals surface area contributed by atoms with Crippen LogP contribution in [0, 0.1) is 0 Å². The molecule has 0 amide bonds. The van der Waals surface area contributed by atoms with E-state index in [9.17, 15) is 15.1 Å². The number of para-hydroxylation sites is 2. The number of fused-ring (bicyclic) bond motifs is 1. The second kappa shape index (κ2) is 8.37. The van der Waals surface area contributed by atoms with Gasteiger partial charge in [-0.05, 0) is 29.3 Å². The molecule has 0 saturated heterocycles. The van der Waals surface area contributed by atoms with Gasteiger partial charge in [0.2, 0.25) is 0 Å². The third-order valence-electron chi connectivity index (χ3n) is 6.07. The zero-order valence-electron chi connectivity index (χ0n) is 17.7. The Bertz CT molecular complexity index is 1310. The quantitative estimate of drug-likeness (QED) is 0.436. The van der Waals surface area contributed by atoms with Crippen LogP contribution in [-0.2, 0) is 15.5 Å². The monoisotopic (exact) mass is 433 g/mol. The van der Waals surface area contributed by atoms with Crippen molar-refractivity contribution >= 4 is 23.1 Å². The number of benzene rings is 4. The number of nitrogens with zero attached hydrogens (tertiary/aromatic N) is 2. The maximum atomic E-state index is 14.2. The van der Waals surface area contributed by atoms with Gasteiger partial charge in [0, 0.05) is 5.56 Å². The van der Waals surface area contributed by atoms with Crippen LogP contribution >= 0.6 is 0 Å². The lowest BCUT2D eigenvalue weighted by atomic mass is 9.71. The van der Waals surface area contributed by atoms with Gasteiger partial charge in [0.05, 0.1) is 17.1 Å². The Kier molecular flexibility index (Phi) is 5.24. The number of hydrogen-bond donors (Lipinski definition) is 1. The molecule has 0 aliphatic carbocycles. The number of rotatable bonds is 5. The van der Waals surface area contributed by atoms with Gasteiger partial charge < -0.3 is 5.11 Å². The van der Waals surface area contributed by atoms with Crippen LogP contribution in [0.25, 0.3) is 0 Å². The normalized spacial score (nSPS) is 19.3. The van der Waals surface area contributed by atoms with Gasteiger partial charge in [0.1, 0.15) is 5.92 Å². The van der Waals surface area contributed by atoms with Gasteiger partial charge in [-0.1, -0.05) is 102 Å². The van der Waals surface area contributed by atoms with Crippen LogP contribution in [-0.4, -0.2) is 16.8 Å². The predicted molar refractivity (Wildman–Crippen MR) is 127 cm³/mol. The Balaban J connectivity index is 1.90. The maximum absolute atomic E-state index is 14.2. The van der Waals surface area contributed by atoms with Gasteiger partial charge in [0.15, 0.2) is 5.54 Å². The van der Waals surface area contributed by atoms with Crippen molar-refractivity contribution in [3.05, 3.63) is 132 Å². The first-order chi connectivity index (χ1) is 16.1. The van der Waals surface area contributed by atoms with Gasteiger partial charge in [-0.25, -0.2) is 10.1 Å². The molecule has 1 heterocycles. The molecule has 0 saturated carbocycles. The fourth-order valence-corrected chi connectivity index (χ4v) is 4.69. The van der Waals surface area contributed by atoms with Crippen molar-refractivity contribution in [3.63, 3.8) is 0 Å². The molecule has 5 heteroatoms. The van der Waals surface area contributed by atoms with Crippen molar-refractivity contribution < 1.29 is 15.1 Å². The molecule has 2 atom stereocenters. The molecule has 2 unspecified atom stereocenters. The zero-order chi connectivity index (χ0) is 22.8. The minimum absolute atomic E-state index is 0.401. The first-order valence-corrected chi connectivity index (χ1v) is 10.7. The Hall–Kier alpha value is -4.22. The predicted octanol–water partition coefficient (Wildman–Crippen LogP) is 5.74. The van der Waals surface area contributed by atoms with Crippen molar-refractivity contribution in [2.75, 3.05) is 5.06 Å². The highest BCUT2D eigenvalue weighted by Crippen LogP contribution is 2.52. The van der Waals surface area contributed by atoms with Gasteiger partial charge >= 0.3 is 5.97 Å². The molecule has 4 aromatic rings. The fourth-order valence-electron chi connectivity index (χ4n) is 4.69. The highest BCUT2D eigenvalue weighted by molar-refractivity contribution is 6.20. The number of carboxylic acid groups (broad SMARTS) is 1. The molecule has 1 aliphatic rings. The summed E-state index contributed by atoms with van der Waals surface area (Å²) >= 11 is 0. The SMILES string of the molecule is [O]N1c2ccccc2C(=Nc2ccccc2)C1(c1ccccc1)C(C(=O)O)c1ccccc1. The van der Waals surface area contributed by atoms with E-state index >= 15 is 0 Å².